The third-order valence-electron chi connectivity index (χ3n) is 5.18. The third kappa shape index (κ3) is 5.99. The zero-order valence-electron chi connectivity index (χ0n) is 18.5. The number of methoxy groups -OCH3 is 2. The van der Waals surface area contributed by atoms with E-state index < -0.39 is 6.04 Å². The zero-order valence-corrected chi connectivity index (χ0v) is 18.5. The van der Waals surface area contributed by atoms with Gasteiger partial charge < -0.3 is 19.7 Å². The number of nitrogens with zero attached hydrogens (tertiary/aromatic N) is 1. The van der Waals surface area contributed by atoms with Gasteiger partial charge >= 0.3 is 0 Å². The van der Waals surface area contributed by atoms with Crippen LogP contribution in [0.1, 0.15) is 36.5 Å². The van der Waals surface area contributed by atoms with E-state index in [1.807, 2.05) is 56.3 Å². The van der Waals surface area contributed by atoms with E-state index in [-0.39, 0.29) is 11.8 Å². The summed E-state index contributed by atoms with van der Waals surface area (Å²) in [6.45, 7) is 4.34. The lowest BCUT2D eigenvalue weighted by molar-refractivity contribution is -0.141. The average molecular weight is 413 g/mol. The second kappa shape index (κ2) is 11.2. The number of rotatable bonds is 10. The van der Waals surface area contributed by atoms with Crippen molar-refractivity contribution in [3.05, 3.63) is 59.2 Å². The fraction of sp³-hybridized carbons (Fsp3) is 0.417. The van der Waals surface area contributed by atoms with Gasteiger partial charge in [0.05, 0.1) is 14.2 Å². The maximum absolute atomic E-state index is 13.2. The fourth-order valence-electron chi connectivity index (χ4n) is 3.41. The van der Waals surface area contributed by atoms with E-state index in [0.717, 1.165) is 16.7 Å². The quantitative estimate of drug-likeness (QED) is 0.649. The summed E-state index contributed by atoms with van der Waals surface area (Å²) in [5.41, 5.74) is 3.13. The Morgan fingerprint density at radius 3 is 2.20 bits per heavy atom. The Hall–Kier alpha value is -3.02. The monoisotopic (exact) mass is 412 g/mol. The van der Waals surface area contributed by atoms with Gasteiger partial charge in [0.2, 0.25) is 11.8 Å². The van der Waals surface area contributed by atoms with Crippen LogP contribution in [0.25, 0.3) is 0 Å². The molecule has 0 aliphatic rings. The van der Waals surface area contributed by atoms with Crippen LogP contribution in [-0.4, -0.2) is 44.0 Å². The molecule has 30 heavy (non-hydrogen) atoms. The second-order valence-electron chi connectivity index (χ2n) is 7.23. The molecule has 2 aromatic rings. The van der Waals surface area contributed by atoms with Crippen LogP contribution in [0.15, 0.2) is 42.5 Å². The van der Waals surface area contributed by atoms with Crippen molar-refractivity contribution in [2.24, 2.45) is 0 Å². The lowest BCUT2D eigenvalue weighted by atomic mass is 10.1. The first-order valence-electron chi connectivity index (χ1n) is 10.2. The molecule has 0 radical (unpaired) electrons. The number of amides is 2. The standard InChI is InChI=1S/C24H32N2O4/c1-6-20(24(28)25-3)26(16-19-9-7-17(2)8-10-19)23(27)14-12-18-11-13-21(29-4)22(15-18)30-5/h7-11,13,15,20H,6,12,14,16H2,1-5H3,(H,25,28)/t20-/m1/s1. The van der Waals surface area contributed by atoms with Gasteiger partial charge in [-0.05, 0) is 43.0 Å². The highest BCUT2D eigenvalue weighted by atomic mass is 16.5. The number of ether oxygens (including phenoxy) is 2. The maximum atomic E-state index is 13.2. The van der Waals surface area contributed by atoms with Gasteiger partial charge in [-0.1, -0.05) is 42.8 Å². The first-order chi connectivity index (χ1) is 14.4. The van der Waals surface area contributed by atoms with Crippen molar-refractivity contribution in [3.8, 4) is 11.5 Å². The second-order valence-corrected chi connectivity index (χ2v) is 7.23. The molecule has 0 saturated carbocycles. The van der Waals surface area contributed by atoms with Crippen molar-refractivity contribution in [3.63, 3.8) is 0 Å². The number of nitrogens with one attached hydrogen (secondary N) is 1. The van der Waals surface area contributed by atoms with E-state index in [0.29, 0.717) is 37.3 Å². The Labute approximate surface area is 179 Å². The van der Waals surface area contributed by atoms with Crippen LogP contribution in [0.2, 0.25) is 0 Å². The molecule has 0 spiro atoms. The van der Waals surface area contributed by atoms with Crippen molar-refractivity contribution < 1.29 is 19.1 Å². The van der Waals surface area contributed by atoms with Crippen molar-refractivity contribution in [1.29, 1.82) is 0 Å². The highest BCUT2D eigenvalue weighted by Crippen LogP contribution is 2.28. The van der Waals surface area contributed by atoms with Crippen LogP contribution < -0.4 is 14.8 Å². The summed E-state index contributed by atoms with van der Waals surface area (Å²) in [5.74, 6) is 1.08. The van der Waals surface area contributed by atoms with Crippen LogP contribution in [-0.2, 0) is 22.6 Å². The van der Waals surface area contributed by atoms with E-state index >= 15 is 0 Å². The van der Waals surface area contributed by atoms with Gasteiger partial charge in [0.15, 0.2) is 11.5 Å². The summed E-state index contributed by atoms with van der Waals surface area (Å²) >= 11 is 0. The van der Waals surface area contributed by atoms with Gasteiger partial charge in [0.1, 0.15) is 6.04 Å². The van der Waals surface area contributed by atoms with Crippen molar-refractivity contribution in [2.45, 2.75) is 45.7 Å². The SMILES string of the molecule is CC[C@H](C(=O)NC)N(Cc1ccc(C)cc1)C(=O)CCc1ccc(OC)c(OC)c1. The Morgan fingerprint density at radius 1 is 1.00 bits per heavy atom. The molecule has 0 unspecified atom stereocenters. The fourth-order valence-corrected chi connectivity index (χ4v) is 3.41. The first-order valence-corrected chi connectivity index (χ1v) is 10.2. The molecule has 0 aliphatic carbocycles. The summed E-state index contributed by atoms with van der Waals surface area (Å²) in [6, 6.07) is 13.2. The molecule has 1 N–H and O–H groups in total. The Balaban J connectivity index is 2.19. The minimum atomic E-state index is -0.505. The summed E-state index contributed by atoms with van der Waals surface area (Å²) in [5, 5.41) is 2.68. The first kappa shape index (κ1) is 23.3. The van der Waals surface area contributed by atoms with E-state index in [2.05, 4.69) is 5.32 Å². The molecule has 2 aromatic carbocycles. The Bertz CT molecular complexity index is 849. The lowest BCUT2D eigenvalue weighted by Crippen LogP contribution is -2.48. The molecule has 1 atom stereocenters. The molecule has 0 saturated heterocycles. The number of hydrogen-bond acceptors (Lipinski definition) is 4. The van der Waals surface area contributed by atoms with Crippen molar-refractivity contribution in [1.82, 2.24) is 10.2 Å². The molecule has 0 heterocycles. The molecule has 0 fully saturated rings. The minimum Gasteiger partial charge on any atom is -0.493 e. The maximum Gasteiger partial charge on any atom is 0.242 e. The highest BCUT2D eigenvalue weighted by molar-refractivity contribution is 5.87. The molecule has 0 aromatic heterocycles. The predicted molar refractivity (Wildman–Crippen MR) is 118 cm³/mol. The smallest absolute Gasteiger partial charge is 0.242 e. The van der Waals surface area contributed by atoms with Gasteiger partial charge in [-0.2, -0.15) is 0 Å². The molecule has 0 aliphatic heterocycles. The highest BCUT2D eigenvalue weighted by Gasteiger charge is 2.27. The van der Waals surface area contributed by atoms with E-state index in [1.165, 1.54) is 0 Å². The average Bonchev–Trinajstić information content (AvgIpc) is 2.78. The van der Waals surface area contributed by atoms with E-state index in [4.69, 9.17) is 9.47 Å². The molecular weight excluding hydrogens is 380 g/mol. The third-order valence-corrected chi connectivity index (χ3v) is 5.18. The number of hydrogen-bond donors (Lipinski definition) is 1. The largest absolute Gasteiger partial charge is 0.493 e. The molecular formula is C24H32N2O4. The summed E-state index contributed by atoms with van der Waals surface area (Å²) in [4.78, 5) is 27.3. The van der Waals surface area contributed by atoms with Crippen LogP contribution in [0.3, 0.4) is 0 Å². The van der Waals surface area contributed by atoms with Crippen molar-refractivity contribution in [2.75, 3.05) is 21.3 Å². The molecule has 162 valence electrons. The number of benzene rings is 2. The molecule has 2 rings (SSSR count). The molecule has 6 heteroatoms. The van der Waals surface area contributed by atoms with Crippen LogP contribution >= 0.6 is 0 Å². The summed E-state index contributed by atoms with van der Waals surface area (Å²) < 4.78 is 10.6. The summed E-state index contributed by atoms with van der Waals surface area (Å²) in [6.07, 6.45) is 1.40. The minimum absolute atomic E-state index is 0.0548. The van der Waals surface area contributed by atoms with E-state index in [1.54, 1.807) is 26.2 Å². The molecule has 6 nitrogen and oxygen atoms in total. The number of carbonyl (C=O) groups excluding carboxylic acids is 2. The molecule has 0 bridgehead atoms. The van der Waals surface area contributed by atoms with Crippen LogP contribution in [0.4, 0.5) is 0 Å². The van der Waals surface area contributed by atoms with Crippen molar-refractivity contribution >= 4 is 11.8 Å². The van der Waals surface area contributed by atoms with Gasteiger partial charge in [-0.25, -0.2) is 0 Å². The van der Waals surface area contributed by atoms with E-state index in [9.17, 15) is 9.59 Å². The van der Waals surface area contributed by atoms with Gasteiger partial charge in [0.25, 0.3) is 0 Å². The predicted octanol–water partition coefficient (Wildman–Crippen LogP) is 3.50. The normalized spacial score (nSPS) is 11.5. The van der Waals surface area contributed by atoms with Crippen LogP contribution in [0, 0.1) is 6.92 Å². The molecule has 2 amide bonds. The van der Waals surface area contributed by atoms with Gasteiger partial charge in [-0.3, -0.25) is 9.59 Å². The Morgan fingerprint density at radius 2 is 1.63 bits per heavy atom. The number of aryl methyl sites for hydroxylation is 2. The lowest BCUT2D eigenvalue weighted by Gasteiger charge is -2.30. The number of likely N-dealkylation sites (N-methyl/N-ethyl adjacent to an activating group) is 1. The summed E-state index contributed by atoms with van der Waals surface area (Å²) in [7, 11) is 4.78. The van der Waals surface area contributed by atoms with Crippen LogP contribution in [0.5, 0.6) is 11.5 Å². The van der Waals surface area contributed by atoms with Gasteiger partial charge in [0, 0.05) is 20.0 Å². The zero-order chi connectivity index (χ0) is 22.1. The topological polar surface area (TPSA) is 67.9 Å². The number of carbonyl (C=O) groups is 2. The van der Waals surface area contributed by atoms with Gasteiger partial charge in [-0.15, -0.1) is 0 Å². The Kier molecular flexibility index (Phi) is 8.71.